The third-order valence-corrected chi connectivity index (χ3v) is 3.54. The molecule has 4 nitrogen and oxygen atoms in total. The van der Waals surface area contributed by atoms with Gasteiger partial charge in [0, 0.05) is 19.0 Å². The van der Waals surface area contributed by atoms with Gasteiger partial charge in [0.05, 0.1) is 0 Å². The van der Waals surface area contributed by atoms with Crippen molar-refractivity contribution in [2.24, 2.45) is 0 Å². The van der Waals surface area contributed by atoms with Crippen molar-refractivity contribution in [2.75, 3.05) is 0 Å². The SMILES string of the molecule is CCCC(=O)N(Cc1ccc(C)cc1)[C@@H](C)C(=O)NC(C)C. The van der Waals surface area contributed by atoms with Crippen LogP contribution in [0.4, 0.5) is 0 Å². The molecule has 1 aromatic rings. The molecular formula is C18H28N2O2. The fraction of sp³-hybridized carbons (Fsp3) is 0.556. The highest BCUT2D eigenvalue weighted by atomic mass is 16.2. The number of aryl methyl sites for hydroxylation is 1. The van der Waals surface area contributed by atoms with Crippen LogP contribution in [0.25, 0.3) is 0 Å². The Morgan fingerprint density at radius 3 is 2.23 bits per heavy atom. The minimum Gasteiger partial charge on any atom is -0.352 e. The average Bonchev–Trinajstić information content (AvgIpc) is 2.45. The third-order valence-electron chi connectivity index (χ3n) is 3.54. The van der Waals surface area contributed by atoms with Crippen molar-refractivity contribution in [1.29, 1.82) is 0 Å². The lowest BCUT2D eigenvalue weighted by molar-refractivity contribution is -0.140. The summed E-state index contributed by atoms with van der Waals surface area (Å²) in [5.74, 6) is -0.0824. The summed E-state index contributed by atoms with van der Waals surface area (Å²) in [6, 6.07) is 7.66. The number of amides is 2. The van der Waals surface area contributed by atoms with Crippen LogP contribution in [0, 0.1) is 6.92 Å². The van der Waals surface area contributed by atoms with Crippen molar-refractivity contribution < 1.29 is 9.59 Å². The zero-order valence-corrected chi connectivity index (χ0v) is 14.3. The molecule has 1 rings (SSSR count). The van der Waals surface area contributed by atoms with Crippen LogP contribution in [-0.2, 0) is 16.1 Å². The smallest absolute Gasteiger partial charge is 0.242 e. The number of benzene rings is 1. The maximum absolute atomic E-state index is 12.4. The summed E-state index contributed by atoms with van der Waals surface area (Å²) in [4.78, 5) is 26.3. The minimum absolute atomic E-state index is 0.0227. The molecule has 22 heavy (non-hydrogen) atoms. The van der Waals surface area contributed by atoms with Crippen molar-refractivity contribution in [3.63, 3.8) is 0 Å². The monoisotopic (exact) mass is 304 g/mol. The van der Waals surface area contributed by atoms with Crippen LogP contribution in [-0.4, -0.2) is 28.8 Å². The van der Waals surface area contributed by atoms with E-state index < -0.39 is 6.04 Å². The molecule has 1 atom stereocenters. The standard InChI is InChI=1S/C18H28N2O2/c1-6-7-17(21)20(15(5)18(22)19-13(2)3)12-16-10-8-14(4)9-11-16/h8-11,13,15H,6-7,12H2,1-5H3,(H,19,22)/t15-/m0/s1. The third kappa shape index (κ3) is 5.51. The molecular weight excluding hydrogens is 276 g/mol. The largest absolute Gasteiger partial charge is 0.352 e. The van der Waals surface area contributed by atoms with E-state index in [-0.39, 0.29) is 17.9 Å². The van der Waals surface area contributed by atoms with Crippen molar-refractivity contribution in [3.05, 3.63) is 35.4 Å². The summed E-state index contributed by atoms with van der Waals surface area (Å²) in [5, 5.41) is 2.88. The molecule has 0 aliphatic heterocycles. The summed E-state index contributed by atoms with van der Waals surface area (Å²) in [6.07, 6.45) is 1.24. The Bertz CT molecular complexity index is 494. The maximum Gasteiger partial charge on any atom is 0.242 e. The molecule has 0 bridgehead atoms. The fourth-order valence-corrected chi connectivity index (χ4v) is 2.24. The first kappa shape index (κ1) is 18.2. The normalized spacial score (nSPS) is 12.1. The number of hydrogen-bond acceptors (Lipinski definition) is 2. The van der Waals surface area contributed by atoms with Gasteiger partial charge in [-0.2, -0.15) is 0 Å². The summed E-state index contributed by atoms with van der Waals surface area (Å²) < 4.78 is 0. The summed E-state index contributed by atoms with van der Waals surface area (Å²) in [7, 11) is 0. The van der Waals surface area contributed by atoms with Gasteiger partial charge in [0.2, 0.25) is 11.8 Å². The molecule has 122 valence electrons. The second-order valence-corrected chi connectivity index (χ2v) is 6.10. The molecule has 0 saturated carbocycles. The highest BCUT2D eigenvalue weighted by Gasteiger charge is 2.25. The number of carbonyl (C=O) groups excluding carboxylic acids is 2. The Morgan fingerprint density at radius 1 is 1.14 bits per heavy atom. The van der Waals surface area contributed by atoms with Crippen molar-refractivity contribution in [3.8, 4) is 0 Å². The van der Waals surface area contributed by atoms with Gasteiger partial charge in [0.15, 0.2) is 0 Å². The molecule has 1 N–H and O–H groups in total. The second kappa shape index (κ2) is 8.57. The average molecular weight is 304 g/mol. The summed E-state index contributed by atoms with van der Waals surface area (Å²) >= 11 is 0. The predicted molar refractivity (Wildman–Crippen MR) is 89.4 cm³/mol. The number of nitrogens with zero attached hydrogens (tertiary/aromatic N) is 1. The Hall–Kier alpha value is -1.84. The molecule has 0 fully saturated rings. The second-order valence-electron chi connectivity index (χ2n) is 6.10. The van der Waals surface area contributed by atoms with E-state index in [0.717, 1.165) is 12.0 Å². The van der Waals surface area contributed by atoms with E-state index in [1.54, 1.807) is 11.8 Å². The topological polar surface area (TPSA) is 49.4 Å². The first-order valence-corrected chi connectivity index (χ1v) is 8.00. The Kier molecular flexibility index (Phi) is 7.09. The van der Waals surface area contributed by atoms with E-state index in [0.29, 0.717) is 13.0 Å². The van der Waals surface area contributed by atoms with E-state index in [1.165, 1.54) is 5.56 Å². The van der Waals surface area contributed by atoms with Crippen LogP contribution in [0.3, 0.4) is 0 Å². The zero-order chi connectivity index (χ0) is 16.7. The van der Waals surface area contributed by atoms with E-state index in [2.05, 4.69) is 5.32 Å². The van der Waals surface area contributed by atoms with Gasteiger partial charge >= 0.3 is 0 Å². The Labute approximate surface area is 133 Å². The van der Waals surface area contributed by atoms with Gasteiger partial charge in [-0.25, -0.2) is 0 Å². The molecule has 0 unspecified atom stereocenters. The molecule has 1 aromatic carbocycles. The molecule has 0 saturated heterocycles. The fourth-order valence-electron chi connectivity index (χ4n) is 2.24. The lowest BCUT2D eigenvalue weighted by Gasteiger charge is -2.29. The molecule has 4 heteroatoms. The molecule has 0 heterocycles. The van der Waals surface area contributed by atoms with Crippen molar-refractivity contribution >= 4 is 11.8 Å². The van der Waals surface area contributed by atoms with Crippen LogP contribution in [0.15, 0.2) is 24.3 Å². The summed E-state index contributed by atoms with van der Waals surface area (Å²) in [5.41, 5.74) is 2.22. The van der Waals surface area contributed by atoms with E-state index in [9.17, 15) is 9.59 Å². The Morgan fingerprint density at radius 2 is 1.73 bits per heavy atom. The lowest BCUT2D eigenvalue weighted by Crippen LogP contribution is -2.49. The van der Waals surface area contributed by atoms with Gasteiger partial charge in [0.1, 0.15) is 6.04 Å². The van der Waals surface area contributed by atoms with Crippen molar-refractivity contribution in [2.45, 2.75) is 66.1 Å². The van der Waals surface area contributed by atoms with E-state index in [4.69, 9.17) is 0 Å². The lowest BCUT2D eigenvalue weighted by atomic mass is 10.1. The predicted octanol–water partition coefficient (Wildman–Crippen LogP) is 3.04. The summed E-state index contributed by atoms with van der Waals surface area (Å²) in [6.45, 7) is 10.1. The van der Waals surface area contributed by atoms with Gasteiger partial charge in [-0.05, 0) is 39.7 Å². The first-order valence-electron chi connectivity index (χ1n) is 8.00. The molecule has 2 amide bonds. The van der Waals surface area contributed by atoms with Crippen LogP contribution in [0.1, 0.15) is 51.7 Å². The van der Waals surface area contributed by atoms with Crippen molar-refractivity contribution in [1.82, 2.24) is 10.2 Å². The molecule has 0 aliphatic rings. The van der Waals surface area contributed by atoms with Gasteiger partial charge in [0.25, 0.3) is 0 Å². The van der Waals surface area contributed by atoms with E-state index >= 15 is 0 Å². The molecule has 0 spiro atoms. The van der Waals surface area contributed by atoms with Gasteiger partial charge < -0.3 is 10.2 Å². The number of carbonyl (C=O) groups is 2. The van der Waals surface area contributed by atoms with Gasteiger partial charge in [-0.1, -0.05) is 36.8 Å². The van der Waals surface area contributed by atoms with Crippen LogP contribution in [0.2, 0.25) is 0 Å². The maximum atomic E-state index is 12.4. The van der Waals surface area contributed by atoms with E-state index in [1.807, 2.05) is 52.0 Å². The van der Waals surface area contributed by atoms with Crippen LogP contribution < -0.4 is 5.32 Å². The number of hydrogen-bond donors (Lipinski definition) is 1. The highest BCUT2D eigenvalue weighted by molar-refractivity contribution is 5.87. The number of nitrogens with one attached hydrogen (secondary N) is 1. The quantitative estimate of drug-likeness (QED) is 0.841. The number of rotatable bonds is 7. The van der Waals surface area contributed by atoms with Crippen LogP contribution >= 0.6 is 0 Å². The molecule has 0 aromatic heterocycles. The first-order chi connectivity index (χ1) is 10.3. The zero-order valence-electron chi connectivity index (χ0n) is 14.3. The minimum atomic E-state index is -0.470. The highest BCUT2D eigenvalue weighted by Crippen LogP contribution is 2.12. The Balaban J connectivity index is 2.89. The van der Waals surface area contributed by atoms with Gasteiger partial charge in [-0.3, -0.25) is 9.59 Å². The molecule has 0 radical (unpaired) electrons. The molecule has 0 aliphatic carbocycles. The van der Waals surface area contributed by atoms with Crippen LogP contribution in [0.5, 0.6) is 0 Å². The van der Waals surface area contributed by atoms with Gasteiger partial charge in [-0.15, -0.1) is 0 Å².